The van der Waals surface area contributed by atoms with Crippen LogP contribution in [-0.4, -0.2) is 34.2 Å². The lowest BCUT2D eigenvalue weighted by molar-refractivity contribution is -0.190. The van der Waals surface area contributed by atoms with Gasteiger partial charge in [0.05, 0.1) is 12.1 Å². The van der Waals surface area contributed by atoms with E-state index >= 15 is 0 Å². The number of hydrogen-bond acceptors (Lipinski definition) is 3. The molecule has 196 valence electrons. The van der Waals surface area contributed by atoms with E-state index in [1.54, 1.807) is 56.3 Å². The predicted octanol–water partition coefficient (Wildman–Crippen LogP) is 5.70. The van der Waals surface area contributed by atoms with Crippen LogP contribution in [0, 0.1) is 5.41 Å². The summed E-state index contributed by atoms with van der Waals surface area (Å²) in [7, 11) is 0. The summed E-state index contributed by atoms with van der Waals surface area (Å²) in [4.78, 5) is 41.3. The molecule has 0 aromatic heterocycles. The van der Waals surface area contributed by atoms with Crippen molar-refractivity contribution in [1.29, 1.82) is 0 Å². The van der Waals surface area contributed by atoms with E-state index in [1.807, 2.05) is 26.1 Å². The van der Waals surface area contributed by atoms with Crippen molar-refractivity contribution < 1.29 is 27.6 Å². The third-order valence-corrected chi connectivity index (χ3v) is 7.04. The number of amides is 2. The van der Waals surface area contributed by atoms with E-state index in [0.29, 0.717) is 5.56 Å². The molecule has 0 fully saturated rings. The number of carbonyl (C=O) groups excluding carboxylic acids is 3. The molecule has 0 spiro atoms. The Bertz CT molecular complexity index is 1270. The quantitative estimate of drug-likeness (QED) is 0.572. The topological polar surface area (TPSA) is 66.5 Å². The molecule has 0 saturated heterocycles. The molecular weight excluding hydrogens is 481 g/mol. The summed E-state index contributed by atoms with van der Waals surface area (Å²) >= 11 is 0. The van der Waals surface area contributed by atoms with Crippen molar-refractivity contribution in [2.24, 2.45) is 5.41 Å². The Hall–Kier alpha value is -3.42. The van der Waals surface area contributed by atoms with Gasteiger partial charge in [-0.3, -0.25) is 14.4 Å². The smallest absolute Gasteiger partial charge is 0.326 e. The molecule has 2 aliphatic rings. The van der Waals surface area contributed by atoms with Crippen LogP contribution in [-0.2, 0) is 21.5 Å². The van der Waals surface area contributed by atoms with Gasteiger partial charge < -0.3 is 10.2 Å². The number of halogens is 3. The molecule has 1 heterocycles. The van der Waals surface area contributed by atoms with Crippen LogP contribution >= 0.6 is 0 Å². The van der Waals surface area contributed by atoms with E-state index in [9.17, 15) is 27.6 Å². The van der Waals surface area contributed by atoms with Crippen molar-refractivity contribution in [3.05, 3.63) is 82.6 Å². The molecule has 0 bridgehead atoms. The first-order chi connectivity index (χ1) is 17.1. The lowest BCUT2D eigenvalue weighted by Gasteiger charge is -2.35. The Morgan fingerprint density at radius 2 is 1.54 bits per heavy atom. The number of carbonyl (C=O) groups is 3. The first kappa shape index (κ1) is 26.6. The van der Waals surface area contributed by atoms with E-state index in [4.69, 9.17) is 0 Å². The Morgan fingerprint density at radius 3 is 2.08 bits per heavy atom. The Kier molecular flexibility index (Phi) is 6.37. The van der Waals surface area contributed by atoms with Crippen molar-refractivity contribution in [2.75, 3.05) is 0 Å². The zero-order chi connectivity index (χ0) is 27.4. The summed E-state index contributed by atoms with van der Waals surface area (Å²) in [5, 5.41) is 2.00. The second-order valence-corrected chi connectivity index (χ2v) is 11.7. The number of rotatable bonds is 4. The van der Waals surface area contributed by atoms with Crippen molar-refractivity contribution in [3.8, 4) is 0 Å². The van der Waals surface area contributed by atoms with Gasteiger partial charge in [0.25, 0.3) is 11.8 Å². The molecular formula is C29H31F3N2O3. The van der Waals surface area contributed by atoms with E-state index in [0.717, 1.165) is 10.5 Å². The maximum Gasteiger partial charge on any atom is 0.425 e. The third-order valence-electron chi connectivity index (χ3n) is 7.04. The zero-order valence-corrected chi connectivity index (χ0v) is 21.6. The highest BCUT2D eigenvalue weighted by molar-refractivity contribution is 6.14. The average molecular weight is 513 g/mol. The summed E-state index contributed by atoms with van der Waals surface area (Å²) in [5.74, 6) is -3.22. The fourth-order valence-electron chi connectivity index (χ4n) is 5.12. The standard InChI is InChI=1S/C29H31F3N2O3/c1-26(2,3)20-13-11-19(12-14-20)24(36)33-28(29(30,31)32)23-21(15-27(4,5)16-22(23)35)34(25(28)37)17-18-9-7-6-8-10-18/h6-14H,15-17H2,1-5H3,(H,33,36)/t28-/m1/s1. The molecule has 2 amide bonds. The van der Waals surface area contributed by atoms with Gasteiger partial charge in [-0.25, -0.2) is 0 Å². The van der Waals surface area contributed by atoms with Crippen LogP contribution in [0.2, 0.25) is 0 Å². The van der Waals surface area contributed by atoms with Gasteiger partial charge in [0.15, 0.2) is 5.78 Å². The summed E-state index contributed by atoms with van der Waals surface area (Å²) in [6, 6.07) is 14.8. The highest BCUT2D eigenvalue weighted by Gasteiger charge is 2.71. The molecule has 4 rings (SSSR count). The van der Waals surface area contributed by atoms with Crippen molar-refractivity contribution in [1.82, 2.24) is 10.2 Å². The molecule has 0 radical (unpaired) electrons. The summed E-state index contributed by atoms with van der Waals surface area (Å²) < 4.78 is 44.9. The molecule has 2 aromatic carbocycles. The lowest BCUT2D eigenvalue weighted by atomic mass is 9.72. The number of nitrogens with one attached hydrogen (secondary N) is 1. The molecule has 5 nitrogen and oxygen atoms in total. The van der Waals surface area contributed by atoms with E-state index in [-0.39, 0.29) is 36.1 Å². The second-order valence-electron chi connectivity index (χ2n) is 11.7. The highest BCUT2D eigenvalue weighted by atomic mass is 19.4. The highest BCUT2D eigenvalue weighted by Crippen LogP contribution is 2.52. The average Bonchev–Trinajstić information content (AvgIpc) is 3.01. The number of ketones is 1. The summed E-state index contributed by atoms with van der Waals surface area (Å²) in [6.45, 7) is 9.34. The van der Waals surface area contributed by atoms with Crippen molar-refractivity contribution >= 4 is 17.6 Å². The Morgan fingerprint density at radius 1 is 0.946 bits per heavy atom. The van der Waals surface area contributed by atoms with Gasteiger partial charge in [-0.15, -0.1) is 0 Å². The molecule has 1 N–H and O–H groups in total. The van der Waals surface area contributed by atoms with Crippen LogP contribution in [0.1, 0.15) is 68.9 Å². The van der Waals surface area contributed by atoms with Crippen LogP contribution in [0.3, 0.4) is 0 Å². The molecule has 0 saturated carbocycles. The minimum atomic E-state index is -5.24. The summed E-state index contributed by atoms with van der Waals surface area (Å²) in [5.41, 5.74) is -3.48. The minimum Gasteiger partial charge on any atom is -0.326 e. The first-order valence-electron chi connectivity index (χ1n) is 12.2. The van der Waals surface area contributed by atoms with E-state index in [2.05, 4.69) is 0 Å². The maximum atomic E-state index is 15.0. The van der Waals surface area contributed by atoms with Gasteiger partial charge in [-0.2, -0.15) is 13.2 Å². The Balaban J connectivity index is 1.82. The second kappa shape index (κ2) is 8.85. The zero-order valence-electron chi connectivity index (χ0n) is 21.6. The normalized spacial score (nSPS) is 21.8. The van der Waals surface area contributed by atoms with Gasteiger partial charge >= 0.3 is 6.18 Å². The van der Waals surface area contributed by atoms with E-state index in [1.165, 1.54) is 12.1 Å². The van der Waals surface area contributed by atoms with Gasteiger partial charge in [0.2, 0.25) is 5.54 Å². The van der Waals surface area contributed by atoms with E-state index < -0.39 is 40.3 Å². The van der Waals surface area contributed by atoms with Crippen LogP contribution in [0.15, 0.2) is 65.9 Å². The number of Topliss-reactive ketones (excluding diaryl/α,β-unsaturated/α-hetero) is 1. The number of hydrogen-bond donors (Lipinski definition) is 1. The molecule has 37 heavy (non-hydrogen) atoms. The number of benzene rings is 2. The van der Waals surface area contributed by atoms with Crippen LogP contribution < -0.4 is 5.32 Å². The predicted molar refractivity (Wildman–Crippen MR) is 133 cm³/mol. The molecule has 8 heteroatoms. The maximum absolute atomic E-state index is 15.0. The Labute approximate surface area is 214 Å². The van der Waals surface area contributed by atoms with Crippen LogP contribution in [0.5, 0.6) is 0 Å². The fraction of sp³-hybridized carbons (Fsp3) is 0.414. The number of allylic oxidation sites excluding steroid dienone is 1. The van der Waals surface area contributed by atoms with Crippen LogP contribution in [0.4, 0.5) is 13.2 Å². The molecule has 2 aromatic rings. The number of alkyl halides is 3. The van der Waals surface area contributed by atoms with Gasteiger partial charge in [-0.1, -0.05) is 77.1 Å². The first-order valence-corrected chi connectivity index (χ1v) is 12.2. The van der Waals surface area contributed by atoms with Crippen LogP contribution in [0.25, 0.3) is 0 Å². The van der Waals surface area contributed by atoms with Crippen molar-refractivity contribution in [2.45, 2.75) is 71.1 Å². The molecule has 1 aliphatic heterocycles. The van der Waals surface area contributed by atoms with Gasteiger partial charge in [-0.05, 0) is 40.5 Å². The lowest BCUT2D eigenvalue weighted by Crippen LogP contribution is -2.66. The SMILES string of the molecule is CC1(C)CC(=O)C2=C(C1)N(Cc1ccccc1)C(=O)[C@@]2(NC(=O)c1ccc(C(C)(C)C)cc1)C(F)(F)F. The third kappa shape index (κ3) is 4.69. The van der Waals surface area contributed by atoms with Gasteiger partial charge in [0, 0.05) is 17.7 Å². The van der Waals surface area contributed by atoms with Gasteiger partial charge in [0.1, 0.15) is 0 Å². The summed E-state index contributed by atoms with van der Waals surface area (Å²) in [6.07, 6.45) is -5.30. The number of nitrogens with zero attached hydrogens (tertiary/aromatic N) is 1. The van der Waals surface area contributed by atoms with Crippen molar-refractivity contribution in [3.63, 3.8) is 0 Å². The fourth-order valence-corrected chi connectivity index (χ4v) is 5.12. The minimum absolute atomic E-state index is 0.0239. The monoisotopic (exact) mass is 512 g/mol. The molecule has 1 atom stereocenters. The largest absolute Gasteiger partial charge is 0.425 e. The molecule has 0 unspecified atom stereocenters. The molecule has 1 aliphatic carbocycles.